The summed E-state index contributed by atoms with van der Waals surface area (Å²) in [5.41, 5.74) is 0. The molecule has 1 aromatic rings. The minimum atomic E-state index is 1.18. The Morgan fingerprint density at radius 1 is 0.486 bits per heavy atom. The molecule has 0 aliphatic rings. The molecule has 206 valence electrons. The third-order valence-electron chi connectivity index (χ3n) is 7.81. The molecule has 1 aromatic heterocycles. The Bertz CT molecular complexity index is 547. The quantitative estimate of drug-likeness (QED) is 0.0858. The first-order chi connectivity index (χ1) is 17.3. The number of rotatable bonds is 27. The maximum Gasteiger partial charge on any atom is 0.256 e. The molecule has 2 nitrogen and oxygen atoms in total. The van der Waals surface area contributed by atoms with Crippen LogP contribution in [-0.2, 0) is 19.5 Å². The van der Waals surface area contributed by atoms with Gasteiger partial charge in [-0.1, -0.05) is 149 Å². The zero-order valence-electron chi connectivity index (χ0n) is 24.6. The highest BCUT2D eigenvalue weighted by atomic mass is 15.1. The minimum Gasteiger partial charge on any atom is -0.234 e. The van der Waals surface area contributed by atoms with Crippen molar-refractivity contribution in [3.8, 4) is 0 Å². The standard InChI is InChI=1S/C33H65N2/c1-4-7-9-11-13-14-15-16-17-18-19-20-21-22-24-26-28-33-34(29-6-3)31-32-35(33)30-27-25-23-12-10-8-5-2/h31-32H,4-30H2,1-3H3/q+1. The van der Waals surface area contributed by atoms with Gasteiger partial charge in [0.15, 0.2) is 0 Å². The molecule has 0 spiro atoms. The summed E-state index contributed by atoms with van der Waals surface area (Å²) in [6.07, 6.45) is 40.2. The fraction of sp³-hybridized carbons (Fsp3) is 0.909. The molecule has 0 radical (unpaired) electrons. The summed E-state index contributed by atoms with van der Waals surface area (Å²) >= 11 is 0. The van der Waals surface area contributed by atoms with Crippen molar-refractivity contribution in [2.45, 2.75) is 194 Å². The summed E-state index contributed by atoms with van der Waals surface area (Å²) in [5.74, 6) is 1.59. The third-order valence-corrected chi connectivity index (χ3v) is 7.81. The number of aryl methyl sites for hydroxylation is 2. The van der Waals surface area contributed by atoms with Gasteiger partial charge in [0.05, 0.1) is 13.1 Å². The van der Waals surface area contributed by atoms with Crippen LogP contribution in [0, 0.1) is 0 Å². The first-order valence-electron chi connectivity index (χ1n) is 16.4. The average Bonchev–Trinajstić information content (AvgIpc) is 3.24. The number of nitrogens with zero attached hydrogens (tertiary/aromatic N) is 2. The Balaban J connectivity index is 2.05. The van der Waals surface area contributed by atoms with Crippen LogP contribution in [0.3, 0.4) is 0 Å². The van der Waals surface area contributed by atoms with Gasteiger partial charge in [0.25, 0.3) is 5.82 Å². The van der Waals surface area contributed by atoms with Gasteiger partial charge >= 0.3 is 0 Å². The van der Waals surface area contributed by atoms with E-state index in [1.54, 1.807) is 5.82 Å². The lowest BCUT2D eigenvalue weighted by molar-refractivity contribution is -0.704. The van der Waals surface area contributed by atoms with Crippen LogP contribution in [0.25, 0.3) is 0 Å². The molecule has 0 amide bonds. The van der Waals surface area contributed by atoms with Gasteiger partial charge in [0, 0.05) is 6.42 Å². The van der Waals surface area contributed by atoms with Crippen molar-refractivity contribution in [2.24, 2.45) is 0 Å². The van der Waals surface area contributed by atoms with Crippen molar-refractivity contribution in [3.05, 3.63) is 18.2 Å². The molecular formula is C33H65N2+. The van der Waals surface area contributed by atoms with Crippen molar-refractivity contribution in [3.63, 3.8) is 0 Å². The van der Waals surface area contributed by atoms with Gasteiger partial charge in [-0.05, 0) is 25.7 Å². The normalized spacial score (nSPS) is 11.5. The maximum absolute atomic E-state index is 2.58. The van der Waals surface area contributed by atoms with E-state index >= 15 is 0 Å². The summed E-state index contributed by atoms with van der Waals surface area (Å²) in [4.78, 5) is 0. The topological polar surface area (TPSA) is 8.81 Å². The summed E-state index contributed by atoms with van der Waals surface area (Å²) in [6.45, 7) is 9.31. The summed E-state index contributed by atoms with van der Waals surface area (Å²) in [6, 6.07) is 0. The van der Waals surface area contributed by atoms with E-state index in [0.29, 0.717) is 0 Å². The fourth-order valence-corrected chi connectivity index (χ4v) is 5.50. The molecule has 35 heavy (non-hydrogen) atoms. The maximum atomic E-state index is 2.58. The van der Waals surface area contributed by atoms with E-state index in [9.17, 15) is 0 Å². The van der Waals surface area contributed by atoms with Crippen molar-refractivity contribution < 1.29 is 4.57 Å². The van der Waals surface area contributed by atoms with E-state index in [0.717, 1.165) is 0 Å². The van der Waals surface area contributed by atoms with Crippen LogP contribution in [0.1, 0.15) is 181 Å². The Kier molecular flexibility index (Phi) is 22.9. The number of unbranched alkanes of at least 4 members (excludes halogenated alkanes) is 21. The van der Waals surface area contributed by atoms with Gasteiger partial charge in [0.1, 0.15) is 12.4 Å². The highest BCUT2D eigenvalue weighted by Crippen LogP contribution is 2.14. The zero-order chi connectivity index (χ0) is 25.2. The molecule has 0 aliphatic carbocycles. The summed E-state index contributed by atoms with van der Waals surface area (Å²) in [5, 5.41) is 0. The molecule has 0 bridgehead atoms. The van der Waals surface area contributed by atoms with E-state index in [1.807, 2.05) is 0 Å². The predicted octanol–water partition coefficient (Wildman–Crippen LogP) is 10.7. The van der Waals surface area contributed by atoms with E-state index in [2.05, 4.69) is 42.3 Å². The molecule has 1 rings (SSSR count). The number of hydrogen-bond donors (Lipinski definition) is 0. The Morgan fingerprint density at radius 2 is 0.886 bits per heavy atom. The Morgan fingerprint density at radius 3 is 1.31 bits per heavy atom. The fourth-order valence-electron chi connectivity index (χ4n) is 5.50. The highest BCUT2D eigenvalue weighted by molar-refractivity contribution is 4.84. The van der Waals surface area contributed by atoms with E-state index < -0.39 is 0 Å². The first kappa shape index (κ1) is 32.2. The highest BCUT2D eigenvalue weighted by Gasteiger charge is 2.15. The third kappa shape index (κ3) is 18.2. The minimum absolute atomic E-state index is 1.18. The van der Waals surface area contributed by atoms with Crippen molar-refractivity contribution in [1.82, 2.24) is 4.57 Å². The second-order valence-corrected chi connectivity index (χ2v) is 11.3. The largest absolute Gasteiger partial charge is 0.256 e. The van der Waals surface area contributed by atoms with Crippen molar-refractivity contribution >= 4 is 0 Å². The SMILES string of the molecule is CCCCCCCCCCCCCCCCCCc1n(CCC)cc[n+]1CCCCCCCCC. The van der Waals surface area contributed by atoms with Crippen LogP contribution in [0.15, 0.2) is 12.4 Å². The lowest BCUT2D eigenvalue weighted by atomic mass is 10.0. The molecule has 0 saturated heterocycles. The van der Waals surface area contributed by atoms with Crippen molar-refractivity contribution in [2.75, 3.05) is 0 Å². The smallest absolute Gasteiger partial charge is 0.234 e. The first-order valence-corrected chi connectivity index (χ1v) is 16.4. The van der Waals surface area contributed by atoms with E-state index in [1.165, 1.54) is 174 Å². The number of aromatic nitrogens is 2. The molecule has 0 atom stereocenters. The van der Waals surface area contributed by atoms with E-state index in [4.69, 9.17) is 0 Å². The van der Waals surface area contributed by atoms with Crippen LogP contribution in [0.5, 0.6) is 0 Å². The van der Waals surface area contributed by atoms with Crippen LogP contribution in [0.2, 0.25) is 0 Å². The summed E-state index contributed by atoms with van der Waals surface area (Å²) in [7, 11) is 0. The molecule has 0 aliphatic heterocycles. The molecular weight excluding hydrogens is 424 g/mol. The molecule has 0 N–H and O–H groups in total. The molecule has 0 fully saturated rings. The van der Waals surface area contributed by atoms with Gasteiger partial charge in [-0.2, -0.15) is 0 Å². The van der Waals surface area contributed by atoms with Crippen LogP contribution >= 0.6 is 0 Å². The Hall–Kier alpha value is -0.790. The van der Waals surface area contributed by atoms with Crippen LogP contribution in [0.4, 0.5) is 0 Å². The molecule has 0 unspecified atom stereocenters. The van der Waals surface area contributed by atoms with Gasteiger partial charge in [0.2, 0.25) is 0 Å². The van der Waals surface area contributed by atoms with Gasteiger partial charge in [-0.25, -0.2) is 9.13 Å². The van der Waals surface area contributed by atoms with E-state index in [-0.39, 0.29) is 0 Å². The van der Waals surface area contributed by atoms with Gasteiger partial charge in [-0.3, -0.25) is 0 Å². The van der Waals surface area contributed by atoms with Crippen LogP contribution < -0.4 is 4.57 Å². The lowest BCUT2D eigenvalue weighted by Gasteiger charge is -2.06. The second-order valence-electron chi connectivity index (χ2n) is 11.3. The number of hydrogen-bond acceptors (Lipinski definition) is 0. The lowest BCUT2D eigenvalue weighted by Crippen LogP contribution is -2.37. The monoisotopic (exact) mass is 490 g/mol. The molecule has 0 aromatic carbocycles. The molecule has 1 heterocycles. The molecule has 2 heteroatoms. The Labute approximate surface area is 221 Å². The average molecular weight is 490 g/mol. The summed E-state index contributed by atoms with van der Waals surface area (Å²) < 4.78 is 5.11. The van der Waals surface area contributed by atoms with Crippen molar-refractivity contribution in [1.29, 1.82) is 0 Å². The molecule has 0 saturated carbocycles. The van der Waals surface area contributed by atoms with Gasteiger partial charge < -0.3 is 0 Å². The zero-order valence-corrected chi connectivity index (χ0v) is 24.6. The predicted molar refractivity (Wildman–Crippen MR) is 156 cm³/mol. The number of imidazole rings is 1. The second kappa shape index (κ2) is 24.9. The van der Waals surface area contributed by atoms with Crippen LogP contribution in [-0.4, -0.2) is 4.57 Å². The van der Waals surface area contributed by atoms with Gasteiger partial charge in [-0.15, -0.1) is 0 Å².